The molecule has 1 fully saturated rings. The van der Waals surface area contributed by atoms with Crippen LogP contribution in [-0.4, -0.2) is 51.2 Å². The van der Waals surface area contributed by atoms with Crippen molar-refractivity contribution >= 4 is 15.7 Å². The summed E-state index contributed by atoms with van der Waals surface area (Å²) in [5.41, 5.74) is 1.70. The van der Waals surface area contributed by atoms with Gasteiger partial charge in [0.25, 0.3) is 0 Å². The highest BCUT2D eigenvalue weighted by Crippen LogP contribution is 2.12. The van der Waals surface area contributed by atoms with Crippen molar-refractivity contribution in [1.29, 1.82) is 0 Å². The predicted molar refractivity (Wildman–Crippen MR) is 78.1 cm³/mol. The first-order valence-corrected chi connectivity index (χ1v) is 8.53. The molecule has 110 valence electrons. The van der Waals surface area contributed by atoms with Crippen LogP contribution in [0.1, 0.15) is 11.1 Å². The molecule has 2 rings (SSSR count). The number of rotatable bonds is 4. The molecule has 0 spiro atoms. The number of carbonyl (C=O) groups is 1. The number of piperazine rings is 1. The zero-order valence-corrected chi connectivity index (χ0v) is 12.4. The first-order valence-electron chi connectivity index (χ1n) is 6.71. The number of aryl methyl sites for hydroxylation is 1. The van der Waals surface area contributed by atoms with Crippen molar-refractivity contribution in [2.24, 2.45) is 0 Å². The highest BCUT2D eigenvalue weighted by atomic mass is 32.2. The van der Waals surface area contributed by atoms with Gasteiger partial charge in [0.1, 0.15) is 5.75 Å². The van der Waals surface area contributed by atoms with Gasteiger partial charge < -0.3 is 10.2 Å². The van der Waals surface area contributed by atoms with E-state index in [0.717, 1.165) is 24.2 Å². The van der Waals surface area contributed by atoms with E-state index in [1.54, 1.807) is 11.0 Å². The number of hydrogen-bond acceptors (Lipinski definition) is 4. The van der Waals surface area contributed by atoms with E-state index in [1.807, 2.05) is 25.1 Å². The Kier molecular flexibility index (Phi) is 4.77. The highest BCUT2D eigenvalue weighted by molar-refractivity contribution is 7.91. The third-order valence-corrected chi connectivity index (χ3v) is 4.89. The zero-order chi connectivity index (χ0) is 14.6. The van der Waals surface area contributed by atoms with Crippen molar-refractivity contribution in [1.82, 2.24) is 10.2 Å². The van der Waals surface area contributed by atoms with Gasteiger partial charge in [0.2, 0.25) is 5.91 Å². The van der Waals surface area contributed by atoms with Gasteiger partial charge in [-0.25, -0.2) is 8.42 Å². The molecule has 0 bridgehead atoms. The van der Waals surface area contributed by atoms with Crippen molar-refractivity contribution < 1.29 is 13.2 Å². The Bertz CT molecular complexity index is 578. The summed E-state index contributed by atoms with van der Waals surface area (Å²) in [5.74, 6) is -0.765. The van der Waals surface area contributed by atoms with Gasteiger partial charge >= 0.3 is 0 Å². The monoisotopic (exact) mass is 296 g/mol. The minimum atomic E-state index is -3.42. The number of sulfone groups is 1. The normalized spacial score (nSPS) is 16.1. The van der Waals surface area contributed by atoms with Gasteiger partial charge in [-0.1, -0.05) is 24.3 Å². The molecule has 1 aliphatic heterocycles. The lowest BCUT2D eigenvalue weighted by atomic mass is 10.1. The van der Waals surface area contributed by atoms with Gasteiger partial charge in [-0.05, 0) is 18.1 Å². The van der Waals surface area contributed by atoms with E-state index >= 15 is 0 Å². The van der Waals surface area contributed by atoms with Crippen LogP contribution < -0.4 is 5.32 Å². The van der Waals surface area contributed by atoms with Crippen LogP contribution in [0.15, 0.2) is 24.3 Å². The van der Waals surface area contributed by atoms with Gasteiger partial charge in [-0.15, -0.1) is 0 Å². The molecule has 5 nitrogen and oxygen atoms in total. The second-order valence-corrected chi connectivity index (χ2v) is 7.15. The number of nitrogens with zero attached hydrogens (tertiary/aromatic N) is 1. The molecule has 1 saturated heterocycles. The second-order valence-electron chi connectivity index (χ2n) is 5.09. The maximum Gasteiger partial charge on any atom is 0.237 e. The standard InChI is InChI=1S/C14H20N2O3S/c1-12-4-2-3-5-13(12)10-20(18,19)11-14(17)16-8-6-15-7-9-16/h2-5,15H,6-11H2,1H3. The molecule has 1 aliphatic rings. The van der Waals surface area contributed by atoms with E-state index in [2.05, 4.69) is 5.32 Å². The van der Waals surface area contributed by atoms with Crippen LogP contribution in [-0.2, 0) is 20.4 Å². The lowest BCUT2D eigenvalue weighted by Crippen LogP contribution is -2.48. The average Bonchev–Trinajstić information content (AvgIpc) is 2.41. The number of hydrogen-bond donors (Lipinski definition) is 1. The van der Waals surface area contributed by atoms with Crippen LogP contribution in [0.3, 0.4) is 0 Å². The first kappa shape index (κ1) is 15.0. The Morgan fingerprint density at radius 1 is 1.25 bits per heavy atom. The molecule has 1 N–H and O–H groups in total. The largest absolute Gasteiger partial charge is 0.339 e. The van der Waals surface area contributed by atoms with Gasteiger partial charge in [-0.3, -0.25) is 4.79 Å². The van der Waals surface area contributed by atoms with E-state index in [1.165, 1.54) is 0 Å². The molecular formula is C14H20N2O3S. The van der Waals surface area contributed by atoms with E-state index in [9.17, 15) is 13.2 Å². The fourth-order valence-corrected chi connectivity index (χ4v) is 3.71. The van der Waals surface area contributed by atoms with Crippen LogP contribution in [0.25, 0.3) is 0 Å². The Balaban J connectivity index is 2.00. The quantitative estimate of drug-likeness (QED) is 0.870. The first-order chi connectivity index (χ1) is 9.48. The van der Waals surface area contributed by atoms with E-state index in [0.29, 0.717) is 13.1 Å². The molecule has 0 aliphatic carbocycles. The molecular weight excluding hydrogens is 276 g/mol. The molecule has 1 aromatic carbocycles. The number of nitrogens with one attached hydrogen (secondary N) is 1. The zero-order valence-electron chi connectivity index (χ0n) is 11.6. The van der Waals surface area contributed by atoms with Crippen molar-refractivity contribution in [3.05, 3.63) is 35.4 Å². The minimum Gasteiger partial charge on any atom is -0.339 e. The Morgan fingerprint density at radius 3 is 2.55 bits per heavy atom. The summed E-state index contributed by atoms with van der Waals surface area (Å²) in [6.45, 7) is 4.49. The van der Waals surface area contributed by atoms with E-state index < -0.39 is 15.6 Å². The fourth-order valence-electron chi connectivity index (χ4n) is 2.25. The Labute approximate surface area is 119 Å². The average molecular weight is 296 g/mol. The van der Waals surface area contributed by atoms with Crippen LogP contribution in [0.5, 0.6) is 0 Å². The van der Waals surface area contributed by atoms with Gasteiger partial charge in [0.15, 0.2) is 9.84 Å². The number of benzene rings is 1. The molecule has 1 heterocycles. The van der Waals surface area contributed by atoms with Crippen molar-refractivity contribution in [3.63, 3.8) is 0 Å². The van der Waals surface area contributed by atoms with Crippen molar-refractivity contribution in [3.8, 4) is 0 Å². The summed E-state index contributed by atoms with van der Waals surface area (Å²) in [6, 6.07) is 7.36. The SMILES string of the molecule is Cc1ccccc1CS(=O)(=O)CC(=O)N1CCNCC1. The second kappa shape index (κ2) is 6.37. The summed E-state index contributed by atoms with van der Waals surface area (Å²) in [5, 5.41) is 3.14. The van der Waals surface area contributed by atoms with Crippen LogP contribution in [0.2, 0.25) is 0 Å². The van der Waals surface area contributed by atoms with Gasteiger partial charge in [0.05, 0.1) is 5.75 Å². The summed E-state index contributed by atoms with van der Waals surface area (Å²) < 4.78 is 24.3. The molecule has 0 unspecified atom stereocenters. The molecule has 1 amide bonds. The lowest BCUT2D eigenvalue weighted by Gasteiger charge is -2.27. The third-order valence-electron chi connectivity index (χ3n) is 3.45. The van der Waals surface area contributed by atoms with Crippen LogP contribution in [0, 0.1) is 6.92 Å². The molecule has 0 radical (unpaired) electrons. The minimum absolute atomic E-state index is 0.0719. The topological polar surface area (TPSA) is 66.5 Å². The molecule has 0 aromatic heterocycles. The maximum atomic E-state index is 12.1. The van der Waals surface area contributed by atoms with E-state index in [4.69, 9.17) is 0 Å². The van der Waals surface area contributed by atoms with E-state index in [-0.39, 0.29) is 11.7 Å². The smallest absolute Gasteiger partial charge is 0.237 e. The predicted octanol–water partition coefficient (Wildman–Crippen LogP) is 0.342. The van der Waals surface area contributed by atoms with Crippen LogP contribution >= 0.6 is 0 Å². The number of carbonyl (C=O) groups excluding carboxylic acids is 1. The lowest BCUT2D eigenvalue weighted by molar-refractivity contribution is -0.128. The summed E-state index contributed by atoms with van der Waals surface area (Å²) in [4.78, 5) is 13.6. The fraction of sp³-hybridized carbons (Fsp3) is 0.500. The van der Waals surface area contributed by atoms with Gasteiger partial charge in [0, 0.05) is 26.2 Å². The molecule has 0 atom stereocenters. The maximum absolute atomic E-state index is 12.1. The summed E-state index contributed by atoms with van der Waals surface area (Å²) in [7, 11) is -3.42. The highest BCUT2D eigenvalue weighted by Gasteiger charge is 2.23. The third kappa shape index (κ3) is 4.05. The van der Waals surface area contributed by atoms with Crippen LogP contribution in [0.4, 0.5) is 0 Å². The summed E-state index contributed by atoms with van der Waals surface area (Å²) >= 11 is 0. The molecule has 0 saturated carbocycles. The number of amides is 1. The molecule has 1 aromatic rings. The van der Waals surface area contributed by atoms with Crippen molar-refractivity contribution in [2.75, 3.05) is 31.9 Å². The van der Waals surface area contributed by atoms with Gasteiger partial charge in [-0.2, -0.15) is 0 Å². The Hall–Kier alpha value is -1.40. The summed E-state index contributed by atoms with van der Waals surface area (Å²) in [6.07, 6.45) is 0. The Morgan fingerprint density at radius 2 is 1.90 bits per heavy atom. The molecule has 6 heteroatoms. The van der Waals surface area contributed by atoms with Crippen molar-refractivity contribution in [2.45, 2.75) is 12.7 Å². The molecule has 20 heavy (non-hydrogen) atoms.